The normalized spacial score (nSPS) is 9.83. The van der Waals surface area contributed by atoms with Crippen LogP contribution in [-0.4, -0.2) is 17.4 Å². The highest BCUT2D eigenvalue weighted by atomic mass is 16.5. The summed E-state index contributed by atoms with van der Waals surface area (Å²) in [5.41, 5.74) is 2.86. The van der Waals surface area contributed by atoms with Crippen molar-refractivity contribution in [2.75, 3.05) is 7.11 Å². The van der Waals surface area contributed by atoms with Gasteiger partial charge in [-0.15, -0.1) is 0 Å². The van der Waals surface area contributed by atoms with Crippen LogP contribution in [0.4, 0.5) is 0 Å². The quantitative estimate of drug-likeness (QED) is 0.588. The van der Waals surface area contributed by atoms with Crippen molar-refractivity contribution in [2.45, 2.75) is 6.54 Å². The van der Waals surface area contributed by atoms with E-state index in [1.165, 1.54) is 13.2 Å². The van der Waals surface area contributed by atoms with E-state index in [2.05, 4.69) is 0 Å². The third-order valence-electron chi connectivity index (χ3n) is 1.53. The van der Waals surface area contributed by atoms with Crippen LogP contribution in [0.15, 0.2) is 18.2 Å². The highest BCUT2D eigenvalue weighted by Crippen LogP contribution is 2.25. The summed E-state index contributed by atoms with van der Waals surface area (Å²) in [6.45, 7) is 0.330. The Bertz CT molecular complexity index is 262. The van der Waals surface area contributed by atoms with E-state index in [0.717, 1.165) is 5.56 Å². The van der Waals surface area contributed by atoms with E-state index in [9.17, 15) is 5.11 Å². The summed E-state index contributed by atoms with van der Waals surface area (Å²) in [5, 5.41) is 17.6. The first-order valence-electron chi connectivity index (χ1n) is 3.50. The maximum Gasteiger partial charge on any atom is 0.160 e. The van der Waals surface area contributed by atoms with Gasteiger partial charge in [-0.25, -0.2) is 5.48 Å². The number of methoxy groups -OCH3 is 1. The van der Waals surface area contributed by atoms with Gasteiger partial charge >= 0.3 is 0 Å². The van der Waals surface area contributed by atoms with Gasteiger partial charge in [0.25, 0.3) is 0 Å². The number of benzene rings is 1. The predicted octanol–water partition coefficient (Wildman–Crippen LogP) is 0.880. The molecular formula is C8H11NO3. The minimum absolute atomic E-state index is 0.0965. The third kappa shape index (κ3) is 1.87. The summed E-state index contributed by atoms with van der Waals surface area (Å²) in [4.78, 5) is 0. The molecular weight excluding hydrogens is 158 g/mol. The lowest BCUT2D eigenvalue weighted by molar-refractivity contribution is 0.161. The molecule has 0 aromatic heterocycles. The lowest BCUT2D eigenvalue weighted by Crippen LogP contribution is -2.05. The SMILES string of the molecule is COc1cc(CNO)ccc1O. The number of phenols is 1. The topological polar surface area (TPSA) is 61.7 Å². The van der Waals surface area contributed by atoms with Crippen LogP contribution >= 0.6 is 0 Å². The Labute approximate surface area is 70.4 Å². The first kappa shape index (κ1) is 8.83. The number of aromatic hydroxyl groups is 1. The molecule has 0 spiro atoms. The van der Waals surface area contributed by atoms with Gasteiger partial charge in [0.1, 0.15) is 0 Å². The van der Waals surface area contributed by atoms with E-state index in [1.807, 2.05) is 5.48 Å². The average molecular weight is 169 g/mol. The Morgan fingerprint density at radius 2 is 2.25 bits per heavy atom. The van der Waals surface area contributed by atoms with Crippen LogP contribution in [0.1, 0.15) is 5.56 Å². The summed E-state index contributed by atoms with van der Waals surface area (Å²) >= 11 is 0. The summed E-state index contributed by atoms with van der Waals surface area (Å²) in [6, 6.07) is 4.87. The smallest absolute Gasteiger partial charge is 0.160 e. The van der Waals surface area contributed by atoms with Crippen LogP contribution in [0.2, 0.25) is 0 Å². The Balaban J connectivity index is 2.89. The van der Waals surface area contributed by atoms with E-state index in [1.54, 1.807) is 12.1 Å². The van der Waals surface area contributed by atoms with Crippen LogP contribution in [0.5, 0.6) is 11.5 Å². The fourth-order valence-corrected chi connectivity index (χ4v) is 0.923. The van der Waals surface area contributed by atoms with Gasteiger partial charge < -0.3 is 15.1 Å². The molecule has 1 aromatic carbocycles. The van der Waals surface area contributed by atoms with Crippen molar-refractivity contribution in [1.82, 2.24) is 5.48 Å². The zero-order valence-corrected chi connectivity index (χ0v) is 6.74. The van der Waals surface area contributed by atoms with Crippen LogP contribution in [0.3, 0.4) is 0 Å². The molecule has 0 aliphatic rings. The number of rotatable bonds is 3. The van der Waals surface area contributed by atoms with Crippen molar-refractivity contribution >= 4 is 0 Å². The van der Waals surface area contributed by atoms with Gasteiger partial charge in [0.2, 0.25) is 0 Å². The molecule has 0 amide bonds. The lowest BCUT2D eigenvalue weighted by atomic mass is 10.2. The molecule has 0 saturated carbocycles. The number of hydroxylamine groups is 1. The second-order valence-electron chi connectivity index (χ2n) is 2.34. The standard InChI is InChI=1S/C8H11NO3/c1-12-8-4-6(5-9-11)2-3-7(8)10/h2-4,9-11H,5H2,1H3. The van der Waals surface area contributed by atoms with Gasteiger partial charge in [0.15, 0.2) is 11.5 Å². The minimum Gasteiger partial charge on any atom is -0.504 e. The minimum atomic E-state index is 0.0965. The highest BCUT2D eigenvalue weighted by Gasteiger charge is 2.01. The van der Waals surface area contributed by atoms with Crippen molar-refractivity contribution < 1.29 is 15.1 Å². The second-order valence-corrected chi connectivity index (χ2v) is 2.34. The summed E-state index contributed by atoms with van der Waals surface area (Å²) in [5.74, 6) is 0.502. The van der Waals surface area contributed by atoms with Crippen LogP contribution in [0, 0.1) is 0 Å². The van der Waals surface area contributed by atoms with Crippen molar-refractivity contribution in [3.8, 4) is 11.5 Å². The zero-order valence-electron chi connectivity index (χ0n) is 6.74. The molecule has 1 aromatic rings. The molecule has 66 valence electrons. The first-order valence-corrected chi connectivity index (χ1v) is 3.50. The van der Waals surface area contributed by atoms with Gasteiger partial charge in [-0.3, -0.25) is 0 Å². The fraction of sp³-hybridized carbons (Fsp3) is 0.250. The van der Waals surface area contributed by atoms with Crippen LogP contribution in [0.25, 0.3) is 0 Å². The number of nitrogens with one attached hydrogen (secondary N) is 1. The molecule has 1 rings (SSSR count). The molecule has 0 heterocycles. The van der Waals surface area contributed by atoms with Gasteiger partial charge in [0.05, 0.1) is 7.11 Å². The summed E-state index contributed by atoms with van der Waals surface area (Å²) < 4.78 is 4.87. The fourth-order valence-electron chi connectivity index (χ4n) is 0.923. The number of hydrogen-bond acceptors (Lipinski definition) is 4. The Morgan fingerprint density at radius 3 is 2.83 bits per heavy atom. The van der Waals surface area contributed by atoms with Crippen LogP contribution in [-0.2, 0) is 6.54 Å². The molecule has 0 radical (unpaired) electrons. The third-order valence-corrected chi connectivity index (χ3v) is 1.53. The van der Waals surface area contributed by atoms with Crippen molar-refractivity contribution in [3.63, 3.8) is 0 Å². The lowest BCUT2D eigenvalue weighted by Gasteiger charge is -2.05. The molecule has 12 heavy (non-hydrogen) atoms. The molecule has 4 nitrogen and oxygen atoms in total. The molecule has 0 fully saturated rings. The van der Waals surface area contributed by atoms with E-state index in [0.29, 0.717) is 12.3 Å². The zero-order chi connectivity index (χ0) is 8.97. The van der Waals surface area contributed by atoms with E-state index < -0.39 is 0 Å². The van der Waals surface area contributed by atoms with E-state index >= 15 is 0 Å². The van der Waals surface area contributed by atoms with E-state index in [-0.39, 0.29) is 5.75 Å². The second kappa shape index (κ2) is 3.94. The Kier molecular flexibility index (Phi) is 2.90. The molecule has 0 aliphatic carbocycles. The largest absolute Gasteiger partial charge is 0.504 e. The number of phenolic OH excluding ortho intramolecular Hbond substituents is 1. The number of hydrogen-bond donors (Lipinski definition) is 3. The molecule has 3 N–H and O–H groups in total. The Morgan fingerprint density at radius 1 is 1.50 bits per heavy atom. The molecule has 0 saturated heterocycles. The monoisotopic (exact) mass is 169 g/mol. The summed E-state index contributed by atoms with van der Waals surface area (Å²) in [7, 11) is 1.48. The molecule has 0 unspecified atom stereocenters. The number of ether oxygens (including phenoxy) is 1. The van der Waals surface area contributed by atoms with Crippen molar-refractivity contribution in [1.29, 1.82) is 0 Å². The summed E-state index contributed by atoms with van der Waals surface area (Å²) in [6.07, 6.45) is 0. The van der Waals surface area contributed by atoms with Gasteiger partial charge in [-0.2, -0.15) is 0 Å². The van der Waals surface area contributed by atoms with Gasteiger partial charge in [-0.05, 0) is 17.7 Å². The molecule has 4 heteroatoms. The molecule has 0 atom stereocenters. The predicted molar refractivity (Wildman–Crippen MR) is 43.3 cm³/mol. The molecule has 0 aliphatic heterocycles. The maximum atomic E-state index is 9.20. The highest BCUT2D eigenvalue weighted by molar-refractivity contribution is 5.41. The first-order chi connectivity index (χ1) is 5.77. The van der Waals surface area contributed by atoms with Gasteiger partial charge in [0, 0.05) is 6.54 Å². The maximum absolute atomic E-state index is 9.20. The van der Waals surface area contributed by atoms with E-state index in [4.69, 9.17) is 9.94 Å². The average Bonchev–Trinajstić information content (AvgIpc) is 2.09. The van der Waals surface area contributed by atoms with Crippen molar-refractivity contribution in [3.05, 3.63) is 23.8 Å². The van der Waals surface area contributed by atoms with Gasteiger partial charge in [-0.1, -0.05) is 6.07 Å². The molecule has 0 bridgehead atoms. The van der Waals surface area contributed by atoms with Crippen molar-refractivity contribution in [2.24, 2.45) is 0 Å². The van der Waals surface area contributed by atoms with Crippen LogP contribution < -0.4 is 10.2 Å². The Hall–Kier alpha value is -1.26.